The Labute approximate surface area is 344 Å². The van der Waals surface area contributed by atoms with Crippen LogP contribution in [0.2, 0.25) is 0 Å². The molecule has 0 radical (unpaired) electrons. The SMILES string of the molecule is [Cu+].[O-][Cl+3]([O-])([O-])[O-].c1ccc(-c2ccccn2)nc1.c1ccc([PH+](c2ccccc2)c2ccccc2)cc1.c1ccc([PH+](c2ccccc2)c2ccccc2)cc1. The quantitative estimate of drug-likeness (QED) is 0.178. The third-order valence-electron chi connectivity index (χ3n) is 7.97. The second-order valence-electron chi connectivity index (χ2n) is 11.8. The van der Waals surface area contributed by atoms with Crippen molar-refractivity contribution in [2.45, 2.75) is 0 Å². The number of aromatic nitrogens is 2. The van der Waals surface area contributed by atoms with Gasteiger partial charge in [0, 0.05) is 12.4 Å². The molecule has 0 aliphatic heterocycles. The van der Waals surface area contributed by atoms with Crippen LogP contribution in [0.5, 0.6) is 0 Å². The van der Waals surface area contributed by atoms with Crippen LogP contribution in [0, 0.1) is 10.2 Å². The van der Waals surface area contributed by atoms with E-state index in [9.17, 15) is 0 Å². The van der Waals surface area contributed by atoms with E-state index < -0.39 is 26.1 Å². The Morgan fingerprint density at radius 3 is 0.625 bits per heavy atom. The van der Waals surface area contributed by atoms with Crippen LogP contribution < -0.4 is 50.5 Å². The average Bonchev–Trinajstić information content (AvgIpc) is 3.24. The van der Waals surface area contributed by atoms with Crippen LogP contribution in [0.3, 0.4) is 0 Å². The molecule has 10 heteroatoms. The van der Waals surface area contributed by atoms with E-state index in [0.29, 0.717) is 0 Å². The molecule has 0 spiro atoms. The number of halogens is 1. The van der Waals surface area contributed by atoms with Crippen molar-refractivity contribution in [3.63, 3.8) is 0 Å². The van der Waals surface area contributed by atoms with Crippen molar-refractivity contribution in [2.75, 3.05) is 0 Å². The zero-order valence-corrected chi connectivity index (χ0v) is 33.8. The van der Waals surface area contributed by atoms with Crippen molar-refractivity contribution in [2.24, 2.45) is 0 Å². The Morgan fingerprint density at radius 2 is 0.464 bits per heavy atom. The Kier molecular flexibility index (Phi) is 18.7. The third kappa shape index (κ3) is 15.0. The summed E-state index contributed by atoms with van der Waals surface area (Å²) in [7, 11) is -6.70. The second-order valence-corrected chi connectivity index (χ2v) is 17.5. The fraction of sp³-hybridized carbons (Fsp3) is 0. The van der Waals surface area contributed by atoms with Gasteiger partial charge in [0.1, 0.15) is 31.8 Å². The first-order chi connectivity index (χ1) is 26.9. The molecule has 8 aromatic rings. The second kappa shape index (κ2) is 23.9. The summed E-state index contributed by atoms with van der Waals surface area (Å²) in [5.74, 6) is 0. The molecular weight excluding hydrogens is 805 g/mol. The van der Waals surface area contributed by atoms with Gasteiger partial charge in [0.25, 0.3) is 0 Å². The summed E-state index contributed by atoms with van der Waals surface area (Å²) in [6.45, 7) is 0. The Hall–Kier alpha value is -4.87. The summed E-state index contributed by atoms with van der Waals surface area (Å²) >= 11 is 0. The Bertz CT molecular complexity index is 1850. The van der Waals surface area contributed by atoms with Crippen LogP contribution in [-0.2, 0) is 17.1 Å². The van der Waals surface area contributed by atoms with Crippen molar-refractivity contribution < 1.29 is 45.9 Å². The van der Waals surface area contributed by atoms with Gasteiger partial charge in [-0.15, -0.1) is 10.2 Å². The monoisotopic (exact) mass is 844 g/mol. The van der Waals surface area contributed by atoms with Gasteiger partial charge in [0.2, 0.25) is 0 Å². The maximum atomic E-state index is 8.49. The zero-order valence-electron chi connectivity index (χ0n) is 30.1. The predicted molar refractivity (Wildman–Crippen MR) is 221 cm³/mol. The van der Waals surface area contributed by atoms with Crippen molar-refractivity contribution in [3.05, 3.63) is 231 Å². The summed E-state index contributed by atoms with van der Waals surface area (Å²) in [6.07, 6.45) is 3.54. The minimum atomic E-state index is -4.94. The molecule has 0 bridgehead atoms. The fourth-order valence-corrected chi connectivity index (χ4v) is 10.8. The van der Waals surface area contributed by atoms with Crippen LogP contribution in [-0.4, -0.2) is 9.97 Å². The maximum Gasteiger partial charge on any atom is 1.00 e. The summed E-state index contributed by atoms with van der Waals surface area (Å²) < 4.78 is 34.0. The number of nitrogens with zero attached hydrogens (tertiary/aromatic N) is 2. The van der Waals surface area contributed by atoms with Crippen LogP contribution in [0.1, 0.15) is 0 Å². The van der Waals surface area contributed by atoms with Crippen molar-refractivity contribution >= 4 is 47.7 Å². The zero-order chi connectivity index (χ0) is 38.6. The third-order valence-corrected chi connectivity index (χ3v) is 13.4. The molecule has 6 nitrogen and oxygen atoms in total. The van der Waals surface area contributed by atoms with E-state index in [1.54, 1.807) is 12.4 Å². The molecule has 2 heterocycles. The predicted octanol–water partition coefficient (Wildman–Crippen LogP) is 3.74. The van der Waals surface area contributed by atoms with Gasteiger partial charge in [0.05, 0.1) is 27.2 Å². The minimum absolute atomic E-state index is 0. The van der Waals surface area contributed by atoms with Gasteiger partial charge in [-0.25, -0.2) is 18.6 Å². The first-order valence-electron chi connectivity index (χ1n) is 17.4. The van der Waals surface area contributed by atoms with Gasteiger partial charge in [-0.05, 0) is 97.1 Å². The molecule has 0 unspecified atom stereocenters. The van der Waals surface area contributed by atoms with E-state index in [0.717, 1.165) is 11.4 Å². The molecule has 6 aromatic carbocycles. The van der Waals surface area contributed by atoms with E-state index in [2.05, 4.69) is 192 Å². The first kappa shape index (κ1) is 43.9. The summed E-state index contributed by atoms with van der Waals surface area (Å²) in [6, 6.07) is 76.6. The summed E-state index contributed by atoms with van der Waals surface area (Å²) in [5.41, 5.74) is 1.83. The van der Waals surface area contributed by atoms with Crippen LogP contribution >= 0.6 is 15.8 Å². The van der Waals surface area contributed by atoms with E-state index in [-0.39, 0.29) is 17.1 Å². The molecule has 0 saturated carbocycles. The maximum absolute atomic E-state index is 8.49. The number of hydrogen-bond acceptors (Lipinski definition) is 6. The van der Waals surface area contributed by atoms with Crippen molar-refractivity contribution in [1.29, 1.82) is 0 Å². The van der Waals surface area contributed by atoms with Gasteiger partial charge < -0.3 is 0 Å². The molecule has 0 fully saturated rings. The van der Waals surface area contributed by atoms with Crippen molar-refractivity contribution in [1.82, 2.24) is 9.97 Å². The number of pyridine rings is 2. The van der Waals surface area contributed by atoms with Gasteiger partial charge >= 0.3 is 17.1 Å². The Morgan fingerprint density at radius 1 is 0.286 bits per heavy atom. The smallest absolute Gasteiger partial charge is 0.255 e. The molecular formula is C46H40ClCuN2O4P2+2. The topological polar surface area (TPSA) is 118 Å². The molecule has 0 aliphatic carbocycles. The van der Waals surface area contributed by atoms with Crippen LogP contribution in [0.4, 0.5) is 0 Å². The van der Waals surface area contributed by atoms with Crippen LogP contribution in [0.25, 0.3) is 11.4 Å². The van der Waals surface area contributed by atoms with Gasteiger partial charge in [-0.3, -0.25) is 9.97 Å². The van der Waals surface area contributed by atoms with Crippen molar-refractivity contribution in [3.8, 4) is 11.4 Å². The van der Waals surface area contributed by atoms with E-state index in [4.69, 9.17) is 18.6 Å². The fourth-order valence-electron chi connectivity index (χ4n) is 5.66. The molecule has 0 aliphatic rings. The first-order valence-corrected chi connectivity index (χ1v) is 21.6. The molecule has 2 aromatic heterocycles. The minimum Gasteiger partial charge on any atom is -0.255 e. The average molecular weight is 846 g/mol. The van der Waals surface area contributed by atoms with E-state index >= 15 is 0 Å². The molecule has 56 heavy (non-hydrogen) atoms. The molecule has 0 atom stereocenters. The van der Waals surface area contributed by atoms with E-state index in [1.807, 2.05) is 36.4 Å². The van der Waals surface area contributed by atoms with Gasteiger partial charge in [-0.1, -0.05) is 121 Å². The van der Waals surface area contributed by atoms with Crippen LogP contribution in [0.15, 0.2) is 231 Å². The largest absolute Gasteiger partial charge is 1.00 e. The normalized spacial score (nSPS) is 10.3. The molecule has 8 rings (SSSR count). The number of rotatable bonds is 7. The van der Waals surface area contributed by atoms with Gasteiger partial charge in [0.15, 0.2) is 0 Å². The molecule has 0 amide bonds. The van der Waals surface area contributed by atoms with Gasteiger partial charge in [-0.2, -0.15) is 0 Å². The molecule has 0 saturated heterocycles. The summed E-state index contributed by atoms with van der Waals surface area (Å²) in [5, 5.41) is 8.61. The standard InChI is InChI=1S/2C18H15P.C10H8N2.ClHO4.Cu/c2*1-4-10-16(11-5-1)19(17-12-6-2-7-13-17)18-14-8-3-9-15-18;1-3-7-11-9(5-1)10-6-2-4-8-12-10;2-1(3,4)5;/h2*1-15H;1-8H;(H,2,3,4,5);/q;;;;+1/p+1. The number of hydrogen-bond donors (Lipinski definition) is 0. The van der Waals surface area contributed by atoms with E-state index in [1.165, 1.54) is 31.8 Å². The Balaban J connectivity index is 0.000000178. The molecule has 284 valence electrons. The number of benzene rings is 6. The summed E-state index contributed by atoms with van der Waals surface area (Å²) in [4.78, 5) is 8.37. The molecule has 0 N–H and O–H groups in total.